The summed E-state index contributed by atoms with van der Waals surface area (Å²) in [5.74, 6) is -0.282. The molecule has 0 radical (unpaired) electrons. The van der Waals surface area contributed by atoms with Crippen molar-refractivity contribution in [2.75, 3.05) is 0 Å². The molecule has 1 atom stereocenters. The van der Waals surface area contributed by atoms with E-state index in [1.165, 1.54) is 4.88 Å². The summed E-state index contributed by atoms with van der Waals surface area (Å²) in [4.78, 5) is 2.33. The van der Waals surface area contributed by atoms with E-state index in [2.05, 4.69) is 15.9 Å². The minimum Gasteiger partial charge on any atom is -0.205 e. The molecule has 0 N–H and O–H groups in total. The summed E-state index contributed by atoms with van der Waals surface area (Å²) in [5.41, 5.74) is 1.51. The van der Waals surface area contributed by atoms with Crippen LogP contribution in [0.15, 0.2) is 28.7 Å². The Bertz CT molecular complexity index is 550. The molecular formula is C13H11BrClFS. The molecule has 0 bridgehead atoms. The average Bonchev–Trinajstić information content (AvgIpc) is 2.61. The number of alkyl halides is 1. The summed E-state index contributed by atoms with van der Waals surface area (Å²) in [6.07, 6.45) is 0. The van der Waals surface area contributed by atoms with E-state index < -0.39 is 5.38 Å². The molecule has 4 heteroatoms. The molecule has 0 aliphatic heterocycles. The molecule has 17 heavy (non-hydrogen) atoms. The van der Waals surface area contributed by atoms with Gasteiger partial charge in [0, 0.05) is 15.3 Å². The molecule has 2 rings (SSSR count). The molecule has 0 saturated heterocycles. The van der Waals surface area contributed by atoms with Crippen LogP contribution in [0.25, 0.3) is 0 Å². The van der Waals surface area contributed by atoms with E-state index >= 15 is 0 Å². The van der Waals surface area contributed by atoms with Crippen molar-refractivity contribution in [1.29, 1.82) is 0 Å². The van der Waals surface area contributed by atoms with Crippen molar-refractivity contribution in [2.24, 2.45) is 0 Å². The highest BCUT2D eigenvalue weighted by molar-refractivity contribution is 9.10. The number of benzene rings is 1. The molecule has 0 saturated carbocycles. The van der Waals surface area contributed by atoms with Gasteiger partial charge in [0.1, 0.15) is 5.82 Å². The first-order chi connectivity index (χ1) is 8.00. The SMILES string of the molecule is Cc1cc(C(Cl)c2cccc(Br)c2F)c(C)s1. The molecule has 1 unspecified atom stereocenters. The third-order valence-electron chi connectivity index (χ3n) is 2.61. The van der Waals surface area contributed by atoms with Gasteiger partial charge in [-0.05, 0) is 47.5 Å². The summed E-state index contributed by atoms with van der Waals surface area (Å²) in [6.45, 7) is 4.04. The summed E-state index contributed by atoms with van der Waals surface area (Å²) < 4.78 is 14.4. The largest absolute Gasteiger partial charge is 0.205 e. The van der Waals surface area contributed by atoms with Gasteiger partial charge < -0.3 is 0 Å². The van der Waals surface area contributed by atoms with Crippen molar-refractivity contribution < 1.29 is 4.39 Å². The van der Waals surface area contributed by atoms with Crippen LogP contribution in [0.4, 0.5) is 4.39 Å². The molecule has 0 spiro atoms. The number of halogens is 3. The Balaban J connectivity index is 2.47. The van der Waals surface area contributed by atoms with Gasteiger partial charge in [-0.15, -0.1) is 22.9 Å². The van der Waals surface area contributed by atoms with Gasteiger partial charge in [0.25, 0.3) is 0 Å². The summed E-state index contributed by atoms with van der Waals surface area (Å²) >= 11 is 11.2. The maximum absolute atomic E-state index is 13.9. The fourth-order valence-electron chi connectivity index (χ4n) is 1.79. The zero-order valence-corrected chi connectivity index (χ0v) is 12.6. The van der Waals surface area contributed by atoms with E-state index in [-0.39, 0.29) is 5.82 Å². The molecule has 90 valence electrons. The first kappa shape index (κ1) is 13.1. The third kappa shape index (κ3) is 2.56. The second-order valence-corrected chi connectivity index (χ2v) is 6.63. The Morgan fingerprint density at radius 2 is 2.00 bits per heavy atom. The van der Waals surface area contributed by atoms with E-state index in [1.807, 2.05) is 19.9 Å². The lowest BCUT2D eigenvalue weighted by molar-refractivity contribution is 0.605. The van der Waals surface area contributed by atoms with Crippen LogP contribution in [-0.4, -0.2) is 0 Å². The molecule has 1 aromatic heterocycles. The van der Waals surface area contributed by atoms with Crippen molar-refractivity contribution in [3.8, 4) is 0 Å². The number of rotatable bonds is 2. The molecular weight excluding hydrogens is 323 g/mol. The zero-order chi connectivity index (χ0) is 12.6. The predicted octanol–water partition coefficient (Wildman–Crippen LogP) is 5.59. The number of hydrogen-bond acceptors (Lipinski definition) is 1. The molecule has 0 aliphatic rings. The first-order valence-electron chi connectivity index (χ1n) is 5.15. The van der Waals surface area contributed by atoms with Gasteiger partial charge in [-0.2, -0.15) is 0 Å². The van der Waals surface area contributed by atoms with Crippen LogP contribution in [0.5, 0.6) is 0 Å². The van der Waals surface area contributed by atoms with E-state index in [1.54, 1.807) is 29.5 Å². The second kappa shape index (κ2) is 5.09. The van der Waals surface area contributed by atoms with Gasteiger partial charge in [0.15, 0.2) is 0 Å². The molecule has 0 amide bonds. The maximum atomic E-state index is 13.9. The van der Waals surface area contributed by atoms with Crippen LogP contribution in [0.3, 0.4) is 0 Å². The summed E-state index contributed by atoms with van der Waals surface area (Å²) in [5, 5.41) is -0.433. The average molecular weight is 334 g/mol. The molecule has 1 heterocycles. The van der Waals surface area contributed by atoms with E-state index in [0.29, 0.717) is 10.0 Å². The van der Waals surface area contributed by atoms with Crippen LogP contribution < -0.4 is 0 Å². The maximum Gasteiger partial charge on any atom is 0.142 e. The Morgan fingerprint density at radius 3 is 2.59 bits per heavy atom. The first-order valence-corrected chi connectivity index (χ1v) is 7.20. The van der Waals surface area contributed by atoms with Gasteiger partial charge in [0.05, 0.1) is 9.85 Å². The molecule has 2 aromatic rings. The molecule has 0 nitrogen and oxygen atoms in total. The minimum atomic E-state index is -0.433. The van der Waals surface area contributed by atoms with E-state index in [9.17, 15) is 4.39 Å². The highest BCUT2D eigenvalue weighted by atomic mass is 79.9. The molecule has 1 aromatic carbocycles. The van der Waals surface area contributed by atoms with Gasteiger partial charge in [0.2, 0.25) is 0 Å². The fourth-order valence-corrected chi connectivity index (χ4v) is 3.59. The Morgan fingerprint density at radius 1 is 1.29 bits per heavy atom. The fraction of sp³-hybridized carbons (Fsp3) is 0.231. The van der Waals surface area contributed by atoms with Crippen molar-refractivity contribution >= 4 is 38.9 Å². The van der Waals surface area contributed by atoms with Crippen molar-refractivity contribution in [3.63, 3.8) is 0 Å². The smallest absolute Gasteiger partial charge is 0.142 e. The van der Waals surface area contributed by atoms with Gasteiger partial charge in [-0.1, -0.05) is 12.1 Å². The third-order valence-corrected chi connectivity index (χ3v) is 4.67. The highest BCUT2D eigenvalue weighted by Crippen LogP contribution is 2.37. The van der Waals surface area contributed by atoms with Crippen LogP contribution in [0, 0.1) is 19.7 Å². The van der Waals surface area contributed by atoms with Crippen LogP contribution >= 0.6 is 38.9 Å². The Labute approximate surface area is 118 Å². The number of aryl methyl sites for hydroxylation is 2. The van der Waals surface area contributed by atoms with Crippen molar-refractivity contribution in [1.82, 2.24) is 0 Å². The quantitative estimate of drug-likeness (QED) is 0.628. The zero-order valence-electron chi connectivity index (χ0n) is 9.43. The lowest BCUT2D eigenvalue weighted by Gasteiger charge is -2.11. The molecule has 0 aliphatic carbocycles. The monoisotopic (exact) mass is 332 g/mol. The number of thiophene rings is 1. The topological polar surface area (TPSA) is 0 Å². The second-order valence-electron chi connectivity index (χ2n) is 3.87. The van der Waals surface area contributed by atoms with Gasteiger partial charge in [-0.25, -0.2) is 4.39 Å². The Hall–Kier alpha value is -0.380. The molecule has 0 fully saturated rings. The summed E-state index contributed by atoms with van der Waals surface area (Å²) in [6, 6.07) is 7.23. The normalized spacial score (nSPS) is 12.8. The van der Waals surface area contributed by atoms with Crippen LogP contribution in [-0.2, 0) is 0 Å². The van der Waals surface area contributed by atoms with Crippen LogP contribution in [0.1, 0.15) is 26.3 Å². The van der Waals surface area contributed by atoms with Crippen molar-refractivity contribution in [3.05, 3.63) is 55.4 Å². The van der Waals surface area contributed by atoms with Gasteiger partial charge >= 0.3 is 0 Å². The van der Waals surface area contributed by atoms with E-state index in [0.717, 1.165) is 10.4 Å². The standard InChI is InChI=1S/C13H11BrClFS/c1-7-6-10(8(2)17-7)12(15)9-4-3-5-11(14)13(9)16/h3-6,12H,1-2H3. The van der Waals surface area contributed by atoms with E-state index in [4.69, 9.17) is 11.6 Å². The lowest BCUT2D eigenvalue weighted by Crippen LogP contribution is -1.97. The Kier molecular flexibility index (Phi) is 3.91. The predicted molar refractivity (Wildman–Crippen MR) is 75.6 cm³/mol. The highest BCUT2D eigenvalue weighted by Gasteiger charge is 2.19. The number of hydrogen-bond donors (Lipinski definition) is 0. The van der Waals surface area contributed by atoms with Crippen LogP contribution in [0.2, 0.25) is 0 Å². The lowest BCUT2D eigenvalue weighted by atomic mass is 10.0. The van der Waals surface area contributed by atoms with Gasteiger partial charge in [-0.3, -0.25) is 0 Å². The minimum absolute atomic E-state index is 0.282. The summed E-state index contributed by atoms with van der Waals surface area (Å²) in [7, 11) is 0. The van der Waals surface area contributed by atoms with Crippen molar-refractivity contribution in [2.45, 2.75) is 19.2 Å².